The van der Waals surface area contributed by atoms with Crippen LogP contribution in [0, 0.1) is 26.2 Å². The predicted octanol–water partition coefficient (Wildman–Crippen LogP) is 3.47. The zero-order valence-corrected chi connectivity index (χ0v) is 22.9. The Morgan fingerprint density at radius 1 is 0.865 bits per heavy atom. The fourth-order valence-corrected chi connectivity index (χ4v) is 7.93. The fraction of sp³-hybridized carbons (Fsp3) is 0.714. The fourth-order valence-electron chi connectivity index (χ4n) is 7.93. The van der Waals surface area contributed by atoms with Crippen LogP contribution in [0.25, 0.3) is 11.0 Å². The molecule has 9 nitrogen and oxygen atoms in total. The van der Waals surface area contributed by atoms with E-state index in [1.807, 2.05) is 25.6 Å². The average Bonchev–Trinajstić information content (AvgIpc) is 3.38. The predicted molar refractivity (Wildman–Crippen MR) is 143 cm³/mol. The van der Waals surface area contributed by atoms with Gasteiger partial charge in [-0.1, -0.05) is 0 Å². The van der Waals surface area contributed by atoms with E-state index in [-0.39, 0.29) is 0 Å². The topological polar surface area (TPSA) is 77.1 Å². The first-order valence-corrected chi connectivity index (χ1v) is 14.2. The van der Waals surface area contributed by atoms with E-state index >= 15 is 0 Å². The van der Waals surface area contributed by atoms with Crippen LogP contribution < -0.4 is 4.90 Å². The molecule has 0 unspecified atom stereocenters. The molecule has 9 heteroatoms. The van der Waals surface area contributed by atoms with Gasteiger partial charge in [0.1, 0.15) is 16.9 Å². The van der Waals surface area contributed by atoms with Crippen LogP contribution in [0.5, 0.6) is 0 Å². The summed E-state index contributed by atoms with van der Waals surface area (Å²) in [7, 11) is 2.00. The SMILES string of the molecule is Cc1nc(N2CCc3c(c(C)nn3CC34CCC(N5CCOCC5)(CC3)CC4)C2)c2c(n1)c(C)nn2C. The van der Waals surface area contributed by atoms with Gasteiger partial charge in [0.2, 0.25) is 0 Å². The number of morpholine rings is 1. The molecule has 0 atom stereocenters. The Labute approximate surface area is 219 Å². The molecular formula is C28H40N8O. The molecule has 3 aromatic rings. The van der Waals surface area contributed by atoms with Gasteiger partial charge in [-0.05, 0) is 64.7 Å². The first-order chi connectivity index (χ1) is 17.9. The minimum atomic E-state index is 0.416. The maximum atomic E-state index is 5.65. The Kier molecular flexibility index (Phi) is 5.42. The van der Waals surface area contributed by atoms with Crippen molar-refractivity contribution in [1.29, 1.82) is 0 Å². The smallest absolute Gasteiger partial charge is 0.158 e. The minimum Gasteiger partial charge on any atom is -0.379 e. The maximum Gasteiger partial charge on any atom is 0.158 e. The van der Waals surface area contributed by atoms with Crippen LogP contribution in [0.3, 0.4) is 0 Å². The van der Waals surface area contributed by atoms with Crippen LogP contribution in [-0.2, 0) is 31.3 Å². The molecule has 0 radical (unpaired) electrons. The summed E-state index contributed by atoms with van der Waals surface area (Å²) < 4.78 is 9.99. The largest absolute Gasteiger partial charge is 0.379 e. The first-order valence-electron chi connectivity index (χ1n) is 14.2. The van der Waals surface area contributed by atoms with Crippen molar-refractivity contribution in [3.05, 3.63) is 28.5 Å². The molecule has 0 spiro atoms. The lowest BCUT2D eigenvalue weighted by Crippen LogP contribution is -2.60. The van der Waals surface area contributed by atoms with Gasteiger partial charge in [0, 0.05) is 63.0 Å². The number of rotatable bonds is 4. The second-order valence-electron chi connectivity index (χ2n) is 12.2. The van der Waals surface area contributed by atoms with Gasteiger partial charge in [0.05, 0.1) is 24.6 Å². The molecule has 4 fully saturated rings. The monoisotopic (exact) mass is 504 g/mol. The number of aromatic nitrogens is 6. The van der Waals surface area contributed by atoms with Crippen molar-refractivity contribution >= 4 is 16.9 Å². The molecule has 8 rings (SSSR count). The van der Waals surface area contributed by atoms with Gasteiger partial charge in [-0.3, -0.25) is 14.3 Å². The summed E-state index contributed by atoms with van der Waals surface area (Å²) in [4.78, 5) is 14.8. The quantitative estimate of drug-likeness (QED) is 0.538. The molecule has 2 bridgehead atoms. The standard InChI is InChI=1S/C28H40N8O/c1-19-22-17-34(26-25-24(29-21(3)30-26)20(2)31-33(25)4)12-5-23(22)36(32-19)18-27-6-9-28(10-7-27,11-8-27)35-13-15-37-16-14-35/h5-18H2,1-4H3. The molecule has 3 aromatic heterocycles. The molecule has 3 saturated carbocycles. The number of fused-ring (bicyclic) bond motifs is 5. The van der Waals surface area contributed by atoms with Gasteiger partial charge in [-0.2, -0.15) is 10.2 Å². The highest BCUT2D eigenvalue weighted by molar-refractivity contribution is 5.88. The normalized spacial score (nSPS) is 28.3. The van der Waals surface area contributed by atoms with Gasteiger partial charge in [0.25, 0.3) is 0 Å². The van der Waals surface area contributed by atoms with Gasteiger partial charge in [-0.25, -0.2) is 9.97 Å². The zero-order chi connectivity index (χ0) is 25.4. The first kappa shape index (κ1) is 23.6. The van der Waals surface area contributed by atoms with Crippen LogP contribution in [-0.4, -0.2) is 72.8 Å². The Balaban J connectivity index is 1.12. The van der Waals surface area contributed by atoms with Gasteiger partial charge < -0.3 is 9.64 Å². The van der Waals surface area contributed by atoms with E-state index in [1.54, 1.807) is 0 Å². The Morgan fingerprint density at radius 3 is 2.32 bits per heavy atom. The van der Waals surface area contributed by atoms with E-state index in [4.69, 9.17) is 19.8 Å². The van der Waals surface area contributed by atoms with Crippen molar-refractivity contribution in [3.8, 4) is 0 Å². The second kappa shape index (κ2) is 8.50. The van der Waals surface area contributed by atoms with E-state index in [0.717, 1.165) is 80.7 Å². The molecule has 0 N–H and O–H groups in total. The van der Waals surface area contributed by atoms with Gasteiger partial charge in [0.15, 0.2) is 5.82 Å². The third kappa shape index (κ3) is 3.72. The molecule has 0 amide bonds. The van der Waals surface area contributed by atoms with E-state index in [0.29, 0.717) is 11.0 Å². The van der Waals surface area contributed by atoms with E-state index in [9.17, 15) is 0 Å². The highest BCUT2D eigenvalue weighted by Crippen LogP contribution is 2.55. The Morgan fingerprint density at radius 2 is 1.59 bits per heavy atom. The molecule has 1 saturated heterocycles. The molecule has 198 valence electrons. The summed E-state index contributed by atoms with van der Waals surface area (Å²) in [5.41, 5.74) is 7.82. The Hall–Kier alpha value is -2.52. The van der Waals surface area contributed by atoms with Crippen LogP contribution in [0.2, 0.25) is 0 Å². The maximum absolute atomic E-state index is 5.65. The van der Waals surface area contributed by atoms with Gasteiger partial charge >= 0.3 is 0 Å². The van der Waals surface area contributed by atoms with Gasteiger partial charge in [-0.15, -0.1) is 0 Å². The molecule has 5 heterocycles. The molecule has 2 aliphatic heterocycles. The van der Waals surface area contributed by atoms with Crippen molar-refractivity contribution in [2.75, 3.05) is 37.7 Å². The minimum absolute atomic E-state index is 0.416. The zero-order valence-electron chi connectivity index (χ0n) is 22.9. The summed E-state index contributed by atoms with van der Waals surface area (Å²) in [6, 6.07) is 0. The van der Waals surface area contributed by atoms with Crippen LogP contribution in [0.4, 0.5) is 5.82 Å². The molecular weight excluding hydrogens is 464 g/mol. The lowest BCUT2D eigenvalue weighted by molar-refractivity contribution is -0.0958. The number of ether oxygens (including phenoxy) is 1. The van der Waals surface area contributed by atoms with Crippen molar-refractivity contribution in [3.63, 3.8) is 0 Å². The van der Waals surface area contributed by atoms with Crippen molar-refractivity contribution in [1.82, 2.24) is 34.4 Å². The second-order valence-corrected chi connectivity index (χ2v) is 12.2. The number of hydrogen-bond acceptors (Lipinski definition) is 7. The van der Waals surface area contributed by atoms with E-state index in [1.165, 1.54) is 55.5 Å². The molecule has 37 heavy (non-hydrogen) atoms. The third-order valence-electron chi connectivity index (χ3n) is 10.1. The van der Waals surface area contributed by atoms with E-state index < -0.39 is 0 Å². The van der Waals surface area contributed by atoms with Crippen LogP contribution in [0.15, 0.2) is 0 Å². The lowest BCUT2D eigenvalue weighted by Gasteiger charge is -2.58. The highest BCUT2D eigenvalue weighted by atomic mass is 16.5. The van der Waals surface area contributed by atoms with Crippen molar-refractivity contribution in [2.45, 2.75) is 84.3 Å². The Bertz CT molecular complexity index is 1330. The number of aryl methyl sites for hydroxylation is 4. The molecule has 0 aromatic carbocycles. The number of hydrogen-bond donors (Lipinski definition) is 0. The summed E-state index contributed by atoms with van der Waals surface area (Å²) in [6.45, 7) is 13.1. The number of anilines is 1. The van der Waals surface area contributed by atoms with Crippen molar-refractivity contribution in [2.24, 2.45) is 12.5 Å². The summed E-state index contributed by atoms with van der Waals surface area (Å²) in [6.07, 6.45) is 9.04. The van der Waals surface area contributed by atoms with Crippen LogP contribution >= 0.6 is 0 Å². The highest BCUT2D eigenvalue weighted by Gasteiger charge is 2.51. The van der Waals surface area contributed by atoms with Crippen LogP contribution in [0.1, 0.15) is 67.0 Å². The van der Waals surface area contributed by atoms with E-state index in [2.05, 4.69) is 26.5 Å². The molecule has 5 aliphatic rings. The number of nitrogens with zero attached hydrogens (tertiary/aromatic N) is 8. The third-order valence-corrected chi connectivity index (χ3v) is 10.1. The lowest BCUT2D eigenvalue weighted by atomic mass is 9.56. The molecule has 3 aliphatic carbocycles. The van der Waals surface area contributed by atoms with Crippen molar-refractivity contribution < 1.29 is 4.74 Å². The summed E-state index contributed by atoms with van der Waals surface area (Å²) in [5.74, 6) is 1.81. The summed E-state index contributed by atoms with van der Waals surface area (Å²) in [5, 5.41) is 9.78. The summed E-state index contributed by atoms with van der Waals surface area (Å²) >= 11 is 0. The average molecular weight is 505 g/mol.